The quantitative estimate of drug-likeness (QED) is 0.501. The van der Waals surface area contributed by atoms with Gasteiger partial charge >= 0.3 is 17.9 Å². The van der Waals surface area contributed by atoms with Crippen LogP contribution in [0.25, 0.3) is 0 Å². The summed E-state index contributed by atoms with van der Waals surface area (Å²) in [6, 6.07) is 0. The molecule has 0 radical (unpaired) electrons. The SMILES string of the molecule is CC(=O)OCC1(C)C(OC(C)=O)CCC2(C)C1CC(OC(C)=O)C13CCC(CC21)C(C)C3O. The Kier molecular flexibility index (Phi) is 6.12. The van der Waals surface area contributed by atoms with Crippen LogP contribution in [0.4, 0.5) is 0 Å². The first kappa shape index (κ1) is 24.5. The molecule has 0 heterocycles. The van der Waals surface area contributed by atoms with Gasteiger partial charge in [0.05, 0.1) is 6.10 Å². The molecule has 5 aliphatic carbocycles. The molecule has 1 spiro atoms. The number of aliphatic hydroxyl groups is 1. The lowest BCUT2D eigenvalue weighted by molar-refractivity contribution is -0.296. The van der Waals surface area contributed by atoms with Gasteiger partial charge in [-0.05, 0) is 67.6 Å². The van der Waals surface area contributed by atoms with E-state index in [0.29, 0.717) is 18.8 Å². The Labute approximate surface area is 196 Å². The summed E-state index contributed by atoms with van der Waals surface area (Å²) in [6.45, 7) is 10.9. The molecule has 10 atom stereocenters. The maximum atomic E-state index is 12.2. The number of carbonyl (C=O) groups excluding carboxylic acids is 3. The van der Waals surface area contributed by atoms with Gasteiger partial charge in [0, 0.05) is 31.6 Å². The molecule has 0 aromatic heterocycles. The molecule has 5 aliphatic rings. The van der Waals surface area contributed by atoms with E-state index in [1.165, 1.54) is 20.8 Å². The molecule has 0 amide bonds. The van der Waals surface area contributed by atoms with Crippen LogP contribution >= 0.6 is 0 Å². The largest absolute Gasteiger partial charge is 0.465 e. The summed E-state index contributed by atoms with van der Waals surface area (Å²) in [5.41, 5.74) is -1.22. The van der Waals surface area contributed by atoms with Crippen LogP contribution in [-0.2, 0) is 28.6 Å². The average molecular weight is 465 g/mol. The van der Waals surface area contributed by atoms with Crippen molar-refractivity contribution in [2.24, 2.45) is 39.9 Å². The van der Waals surface area contributed by atoms with Crippen LogP contribution in [0.5, 0.6) is 0 Å². The minimum absolute atomic E-state index is 0.00396. The molecule has 0 aromatic rings. The molecule has 0 aliphatic heterocycles. The molecule has 186 valence electrons. The minimum Gasteiger partial charge on any atom is -0.465 e. The molecule has 7 nitrogen and oxygen atoms in total. The highest BCUT2D eigenvalue weighted by Crippen LogP contribution is 2.72. The molecular weight excluding hydrogens is 424 g/mol. The van der Waals surface area contributed by atoms with Crippen molar-refractivity contribution in [3.63, 3.8) is 0 Å². The van der Waals surface area contributed by atoms with Crippen molar-refractivity contribution in [1.82, 2.24) is 0 Å². The number of esters is 3. The van der Waals surface area contributed by atoms with Crippen LogP contribution in [-0.4, -0.2) is 47.9 Å². The van der Waals surface area contributed by atoms with Crippen molar-refractivity contribution in [1.29, 1.82) is 0 Å². The van der Waals surface area contributed by atoms with E-state index in [-0.39, 0.29) is 53.8 Å². The van der Waals surface area contributed by atoms with Crippen LogP contribution in [0.2, 0.25) is 0 Å². The van der Waals surface area contributed by atoms with Crippen LogP contribution in [0.1, 0.15) is 80.1 Å². The van der Waals surface area contributed by atoms with E-state index in [2.05, 4.69) is 20.8 Å². The Hall–Kier alpha value is -1.63. The lowest BCUT2D eigenvalue weighted by Crippen LogP contribution is -2.72. The molecule has 1 N–H and O–H groups in total. The predicted molar refractivity (Wildman–Crippen MR) is 120 cm³/mol. The predicted octanol–water partition coefficient (Wildman–Crippen LogP) is 3.65. The van der Waals surface area contributed by atoms with Crippen molar-refractivity contribution >= 4 is 17.9 Å². The molecule has 5 saturated carbocycles. The topological polar surface area (TPSA) is 99.1 Å². The summed E-state index contributed by atoms with van der Waals surface area (Å²) in [4.78, 5) is 36.0. The molecule has 0 saturated heterocycles. The Balaban J connectivity index is 1.80. The summed E-state index contributed by atoms with van der Waals surface area (Å²) >= 11 is 0. The van der Waals surface area contributed by atoms with E-state index in [1.54, 1.807) is 0 Å². The van der Waals surface area contributed by atoms with Crippen LogP contribution in [0, 0.1) is 39.9 Å². The van der Waals surface area contributed by atoms with Crippen molar-refractivity contribution in [3.05, 3.63) is 0 Å². The Morgan fingerprint density at radius 1 is 0.879 bits per heavy atom. The second kappa shape index (κ2) is 8.24. The van der Waals surface area contributed by atoms with Gasteiger partial charge in [0.2, 0.25) is 0 Å². The van der Waals surface area contributed by atoms with Gasteiger partial charge in [0.15, 0.2) is 0 Å². The van der Waals surface area contributed by atoms with Gasteiger partial charge in [0.25, 0.3) is 0 Å². The second-order valence-electron chi connectivity index (χ2n) is 11.8. The number of rotatable bonds is 4. The molecule has 33 heavy (non-hydrogen) atoms. The van der Waals surface area contributed by atoms with E-state index in [1.807, 2.05) is 0 Å². The van der Waals surface area contributed by atoms with Crippen LogP contribution in [0.3, 0.4) is 0 Å². The third kappa shape index (κ3) is 3.60. The van der Waals surface area contributed by atoms with E-state index < -0.39 is 23.0 Å². The first-order chi connectivity index (χ1) is 15.4. The van der Waals surface area contributed by atoms with Gasteiger partial charge in [0.1, 0.15) is 18.8 Å². The molecule has 5 rings (SSSR count). The van der Waals surface area contributed by atoms with Crippen LogP contribution < -0.4 is 0 Å². The summed E-state index contributed by atoms with van der Waals surface area (Å²) in [5, 5.41) is 11.6. The first-order valence-electron chi connectivity index (χ1n) is 12.5. The smallest absolute Gasteiger partial charge is 0.302 e. The lowest BCUT2D eigenvalue weighted by Gasteiger charge is -2.72. The maximum Gasteiger partial charge on any atom is 0.302 e. The van der Waals surface area contributed by atoms with Gasteiger partial charge in [-0.15, -0.1) is 0 Å². The molecule has 2 bridgehead atoms. The van der Waals surface area contributed by atoms with Crippen molar-refractivity contribution < 1.29 is 33.7 Å². The monoisotopic (exact) mass is 464 g/mol. The summed E-state index contributed by atoms with van der Waals surface area (Å²) < 4.78 is 17.4. The molecule has 0 aromatic carbocycles. The van der Waals surface area contributed by atoms with E-state index in [9.17, 15) is 19.5 Å². The fraction of sp³-hybridized carbons (Fsp3) is 0.885. The summed E-state index contributed by atoms with van der Waals surface area (Å²) in [6.07, 6.45) is 3.72. The third-order valence-corrected chi connectivity index (χ3v) is 10.2. The zero-order valence-electron chi connectivity index (χ0n) is 20.9. The number of carbonyl (C=O) groups is 3. The fourth-order valence-corrected chi connectivity index (χ4v) is 8.80. The Morgan fingerprint density at radius 3 is 2.12 bits per heavy atom. The van der Waals surface area contributed by atoms with Crippen molar-refractivity contribution in [3.8, 4) is 0 Å². The van der Waals surface area contributed by atoms with Gasteiger partial charge < -0.3 is 19.3 Å². The van der Waals surface area contributed by atoms with Crippen molar-refractivity contribution in [2.75, 3.05) is 6.61 Å². The van der Waals surface area contributed by atoms with Crippen LogP contribution in [0.15, 0.2) is 0 Å². The highest BCUT2D eigenvalue weighted by Gasteiger charge is 2.72. The standard InChI is InChI=1S/C26H40O7/c1-14-18-7-10-26(23(14)30)20(11-18)24(5)9-8-21(32-16(3)28)25(6,13-31-15(2)27)19(24)12-22(26)33-17(4)29/h14,18-23,30H,7-13H2,1-6H3. The maximum absolute atomic E-state index is 12.2. The Bertz CT molecular complexity index is 825. The first-order valence-corrected chi connectivity index (χ1v) is 12.5. The zero-order valence-corrected chi connectivity index (χ0v) is 20.9. The fourth-order valence-electron chi connectivity index (χ4n) is 8.80. The summed E-state index contributed by atoms with van der Waals surface area (Å²) in [7, 11) is 0. The molecule has 7 heteroatoms. The highest BCUT2D eigenvalue weighted by atomic mass is 16.6. The zero-order chi connectivity index (χ0) is 24.3. The molecule has 5 fully saturated rings. The number of ether oxygens (including phenoxy) is 3. The number of hydrogen-bond acceptors (Lipinski definition) is 7. The highest BCUT2D eigenvalue weighted by molar-refractivity contribution is 5.67. The van der Waals surface area contributed by atoms with Gasteiger partial charge in [-0.25, -0.2) is 0 Å². The third-order valence-electron chi connectivity index (χ3n) is 10.2. The Morgan fingerprint density at radius 2 is 1.52 bits per heavy atom. The van der Waals surface area contributed by atoms with E-state index in [4.69, 9.17) is 14.2 Å². The molecular formula is C26H40O7. The number of hydrogen-bond donors (Lipinski definition) is 1. The van der Waals surface area contributed by atoms with E-state index >= 15 is 0 Å². The van der Waals surface area contributed by atoms with Gasteiger partial charge in [-0.1, -0.05) is 20.8 Å². The lowest BCUT2D eigenvalue weighted by atomic mass is 9.34. The minimum atomic E-state index is -0.613. The van der Waals surface area contributed by atoms with Gasteiger partial charge in [-0.3, -0.25) is 14.4 Å². The average Bonchev–Trinajstić information content (AvgIpc) is 2.73. The van der Waals surface area contributed by atoms with Gasteiger partial charge in [-0.2, -0.15) is 0 Å². The number of fused-ring (bicyclic) bond motifs is 3. The van der Waals surface area contributed by atoms with E-state index in [0.717, 1.165) is 25.7 Å². The second-order valence-corrected chi connectivity index (χ2v) is 11.8. The number of aliphatic hydroxyl groups excluding tert-OH is 1. The van der Waals surface area contributed by atoms with Crippen molar-refractivity contribution in [2.45, 2.75) is 98.4 Å². The normalized spacial score (nSPS) is 48.3. The molecule has 10 unspecified atom stereocenters. The summed E-state index contributed by atoms with van der Waals surface area (Å²) in [5.74, 6) is -0.225.